The molecule has 1 aliphatic carbocycles. The molecule has 0 amide bonds. The third kappa shape index (κ3) is 6.39. The van der Waals surface area contributed by atoms with Crippen molar-refractivity contribution in [3.8, 4) is 0 Å². The quantitative estimate of drug-likeness (QED) is 0.575. The van der Waals surface area contributed by atoms with Crippen molar-refractivity contribution < 1.29 is 5.21 Å². The van der Waals surface area contributed by atoms with E-state index < -0.39 is 0 Å². The van der Waals surface area contributed by atoms with E-state index in [1.807, 2.05) is 0 Å². The highest BCUT2D eigenvalue weighted by atomic mass is 16.5. The summed E-state index contributed by atoms with van der Waals surface area (Å²) < 4.78 is 0. The minimum atomic E-state index is -0.182. The normalized spacial score (nSPS) is 24.0. The average Bonchev–Trinajstić information content (AvgIpc) is 2.29. The summed E-state index contributed by atoms with van der Waals surface area (Å²) in [4.78, 5) is 0. The Bertz CT molecular complexity index is 173. The van der Waals surface area contributed by atoms with Crippen LogP contribution in [0.3, 0.4) is 0 Å². The number of hydrogen-bond acceptors (Lipinski definition) is 3. The van der Waals surface area contributed by atoms with E-state index in [9.17, 15) is 5.21 Å². The van der Waals surface area contributed by atoms with Crippen molar-refractivity contribution in [3.63, 3.8) is 0 Å². The van der Waals surface area contributed by atoms with Gasteiger partial charge in [0.1, 0.15) is 0 Å². The Morgan fingerprint density at radius 3 is 1.59 bits per heavy atom. The molecule has 0 spiro atoms. The molecule has 102 valence electrons. The lowest BCUT2D eigenvalue weighted by Crippen LogP contribution is -2.43. The molecule has 17 heavy (non-hydrogen) atoms. The molecule has 3 nitrogen and oxygen atoms in total. The first-order valence-corrected chi connectivity index (χ1v) is 7.39. The molecule has 0 bridgehead atoms. The summed E-state index contributed by atoms with van der Waals surface area (Å²) in [6.45, 7) is 0. The van der Waals surface area contributed by atoms with Gasteiger partial charge >= 0.3 is 0 Å². The predicted molar refractivity (Wildman–Crippen MR) is 71.8 cm³/mol. The Hall–Kier alpha value is -0.120. The van der Waals surface area contributed by atoms with Crippen molar-refractivity contribution in [3.05, 3.63) is 0 Å². The number of nitrogens with zero attached hydrogens (tertiary/aromatic N) is 1. The molecule has 0 aromatic rings. The van der Waals surface area contributed by atoms with E-state index in [1.165, 1.54) is 75.7 Å². The average molecular weight is 242 g/mol. The van der Waals surface area contributed by atoms with E-state index in [1.54, 1.807) is 7.05 Å². The molecule has 1 saturated carbocycles. The molecule has 3 N–H and O–H groups in total. The van der Waals surface area contributed by atoms with Crippen LogP contribution in [0.1, 0.15) is 70.6 Å². The van der Waals surface area contributed by atoms with E-state index in [2.05, 4.69) is 0 Å². The van der Waals surface area contributed by atoms with Crippen molar-refractivity contribution in [2.75, 3.05) is 7.05 Å². The van der Waals surface area contributed by atoms with Crippen molar-refractivity contribution >= 4 is 0 Å². The van der Waals surface area contributed by atoms with Crippen LogP contribution in [0.4, 0.5) is 0 Å². The van der Waals surface area contributed by atoms with Crippen LogP contribution in [0, 0.1) is 5.92 Å². The van der Waals surface area contributed by atoms with Gasteiger partial charge in [0.05, 0.1) is 6.17 Å². The fourth-order valence-electron chi connectivity index (χ4n) is 2.84. The Morgan fingerprint density at radius 1 is 0.882 bits per heavy atom. The Morgan fingerprint density at radius 2 is 1.24 bits per heavy atom. The lowest BCUT2D eigenvalue weighted by molar-refractivity contribution is -0.119. The summed E-state index contributed by atoms with van der Waals surface area (Å²) in [5, 5.41) is 10.7. The second-order valence-electron chi connectivity index (χ2n) is 5.58. The first-order chi connectivity index (χ1) is 8.22. The molecule has 1 aliphatic rings. The summed E-state index contributed by atoms with van der Waals surface area (Å²) >= 11 is 0. The summed E-state index contributed by atoms with van der Waals surface area (Å²) in [6, 6.07) is 0. The molecule has 1 fully saturated rings. The van der Waals surface area contributed by atoms with Crippen LogP contribution in [-0.2, 0) is 0 Å². The van der Waals surface area contributed by atoms with E-state index in [-0.39, 0.29) is 6.17 Å². The first kappa shape index (κ1) is 14.9. The molecule has 0 aromatic carbocycles. The van der Waals surface area contributed by atoms with Crippen LogP contribution in [0.5, 0.6) is 0 Å². The molecule has 0 heterocycles. The monoisotopic (exact) mass is 242 g/mol. The Kier molecular flexibility index (Phi) is 7.82. The van der Waals surface area contributed by atoms with Gasteiger partial charge in [-0.05, 0) is 18.8 Å². The second-order valence-corrected chi connectivity index (χ2v) is 5.58. The molecule has 0 aromatic heterocycles. The molecule has 1 rings (SSSR count). The van der Waals surface area contributed by atoms with Gasteiger partial charge in [0.25, 0.3) is 0 Å². The Labute approximate surface area is 106 Å². The van der Waals surface area contributed by atoms with Gasteiger partial charge in [0.2, 0.25) is 0 Å². The third-order valence-corrected chi connectivity index (χ3v) is 4.06. The third-order valence-electron chi connectivity index (χ3n) is 4.06. The maximum atomic E-state index is 9.47. The van der Waals surface area contributed by atoms with Crippen LogP contribution < -0.4 is 5.73 Å². The molecule has 0 saturated heterocycles. The van der Waals surface area contributed by atoms with Crippen molar-refractivity contribution in [2.45, 2.75) is 76.8 Å². The molecule has 0 radical (unpaired) electrons. The molecule has 0 aliphatic heterocycles. The highest BCUT2D eigenvalue weighted by molar-refractivity contribution is 4.70. The van der Waals surface area contributed by atoms with Crippen molar-refractivity contribution in [1.82, 2.24) is 5.06 Å². The first-order valence-electron chi connectivity index (χ1n) is 7.39. The smallest absolute Gasteiger partial charge is 0.0841 e. The zero-order chi connectivity index (χ0) is 12.5. The molecule has 1 atom stereocenters. The minimum absolute atomic E-state index is 0.182. The fraction of sp³-hybridized carbons (Fsp3) is 1.00. The summed E-state index contributed by atoms with van der Waals surface area (Å²) in [5.41, 5.74) is 6.05. The minimum Gasteiger partial charge on any atom is -0.314 e. The van der Waals surface area contributed by atoms with Gasteiger partial charge in [0.15, 0.2) is 0 Å². The zero-order valence-electron chi connectivity index (χ0n) is 11.4. The van der Waals surface area contributed by atoms with Crippen LogP contribution in [0.2, 0.25) is 0 Å². The fourth-order valence-corrected chi connectivity index (χ4v) is 2.84. The van der Waals surface area contributed by atoms with Crippen molar-refractivity contribution in [2.24, 2.45) is 11.7 Å². The standard InChI is InChI=1S/C14H30N2O/c1-16(17)14(15)13-11-9-7-5-3-2-4-6-8-10-12-13/h13-14,17H,2-12,15H2,1H3. The van der Waals surface area contributed by atoms with Gasteiger partial charge in [-0.1, -0.05) is 57.8 Å². The van der Waals surface area contributed by atoms with Crippen LogP contribution in [0.25, 0.3) is 0 Å². The van der Waals surface area contributed by atoms with Gasteiger partial charge in [-0.25, -0.2) is 0 Å². The highest BCUT2D eigenvalue weighted by Crippen LogP contribution is 2.23. The second kappa shape index (κ2) is 8.90. The summed E-state index contributed by atoms with van der Waals surface area (Å²) in [5.74, 6) is 0.462. The van der Waals surface area contributed by atoms with Gasteiger partial charge in [-0.3, -0.25) is 0 Å². The summed E-state index contributed by atoms with van der Waals surface area (Å²) in [7, 11) is 1.67. The number of rotatable bonds is 2. The molecular weight excluding hydrogens is 212 g/mol. The van der Waals surface area contributed by atoms with Gasteiger partial charge in [0, 0.05) is 7.05 Å². The topological polar surface area (TPSA) is 49.5 Å². The maximum Gasteiger partial charge on any atom is 0.0841 e. The lowest BCUT2D eigenvalue weighted by atomic mass is 9.91. The molecule has 1 unspecified atom stereocenters. The number of nitrogens with two attached hydrogens (primary N) is 1. The van der Waals surface area contributed by atoms with E-state index in [4.69, 9.17) is 5.73 Å². The predicted octanol–water partition coefficient (Wildman–Crippen LogP) is 3.51. The lowest BCUT2D eigenvalue weighted by Gasteiger charge is -2.28. The highest BCUT2D eigenvalue weighted by Gasteiger charge is 2.20. The van der Waals surface area contributed by atoms with Gasteiger partial charge < -0.3 is 10.9 Å². The number of hydrogen-bond donors (Lipinski definition) is 2. The maximum absolute atomic E-state index is 9.47. The van der Waals surface area contributed by atoms with Crippen LogP contribution in [0.15, 0.2) is 0 Å². The van der Waals surface area contributed by atoms with Crippen LogP contribution in [-0.4, -0.2) is 23.5 Å². The van der Waals surface area contributed by atoms with Crippen molar-refractivity contribution in [1.29, 1.82) is 0 Å². The van der Waals surface area contributed by atoms with Gasteiger partial charge in [-0.2, -0.15) is 5.06 Å². The zero-order valence-corrected chi connectivity index (χ0v) is 11.4. The van der Waals surface area contributed by atoms with Crippen LogP contribution >= 0.6 is 0 Å². The van der Waals surface area contributed by atoms with E-state index in [0.717, 1.165) is 0 Å². The summed E-state index contributed by atoms with van der Waals surface area (Å²) in [6.07, 6.45) is 14.3. The largest absolute Gasteiger partial charge is 0.314 e. The van der Waals surface area contributed by atoms with E-state index >= 15 is 0 Å². The molecule has 3 heteroatoms. The van der Waals surface area contributed by atoms with E-state index in [0.29, 0.717) is 5.92 Å². The Balaban J connectivity index is 2.37. The SMILES string of the molecule is CN(O)C(N)C1CCCCCCCCCCC1. The number of hydroxylamine groups is 2. The van der Waals surface area contributed by atoms with Gasteiger partial charge in [-0.15, -0.1) is 0 Å². The molecular formula is C14H30N2O.